The molecule has 1 amide bonds. The van der Waals surface area contributed by atoms with Crippen LogP contribution in [0.2, 0.25) is 0 Å². The number of esters is 1. The summed E-state index contributed by atoms with van der Waals surface area (Å²) in [6.45, 7) is 1.83. The molecule has 0 saturated heterocycles. The van der Waals surface area contributed by atoms with Crippen molar-refractivity contribution in [3.8, 4) is 5.75 Å². The Bertz CT molecular complexity index is 944. The zero-order valence-electron chi connectivity index (χ0n) is 15.5. The van der Waals surface area contributed by atoms with Crippen LogP contribution in [0.5, 0.6) is 5.75 Å². The predicted octanol–water partition coefficient (Wildman–Crippen LogP) is 1.42. The minimum Gasteiger partial charge on any atom is -0.496 e. The van der Waals surface area contributed by atoms with Gasteiger partial charge < -0.3 is 14.8 Å². The van der Waals surface area contributed by atoms with Crippen LogP contribution in [0.3, 0.4) is 0 Å². The lowest BCUT2D eigenvalue weighted by molar-refractivity contribution is -0.124. The molecule has 150 valence electrons. The number of nitrogens with one attached hydrogen (secondary N) is 1. The predicted molar refractivity (Wildman–Crippen MR) is 103 cm³/mol. The molecule has 0 bridgehead atoms. The van der Waals surface area contributed by atoms with Crippen molar-refractivity contribution in [1.82, 2.24) is 5.32 Å². The fraction of sp³-hybridized carbons (Fsp3) is 0.263. The molecule has 1 atom stereocenters. The molecule has 0 aliphatic heterocycles. The lowest BCUT2D eigenvalue weighted by Crippen LogP contribution is -2.31. The average molecular weight is 406 g/mol. The van der Waals surface area contributed by atoms with E-state index >= 15 is 0 Å². The van der Waals surface area contributed by atoms with E-state index in [2.05, 4.69) is 5.32 Å². The molecule has 0 unspecified atom stereocenters. The number of nitrogens with two attached hydrogens (primary N) is 1. The highest BCUT2D eigenvalue weighted by Gasteiger charge is 2.19. The summed E-state index contributed by atoms with van der Waals surface area (Å²) < 4.78 is 32.9. The second-order valence-corrected chi connectivity index (χ2v) is 7.66. The van der Waals surface area contributed by atoms with Crippen molar-refractivity contribution >= 4 is 21.9 Å². The summed E-state index contributed by atoms with van der Waals surface area (Å²) in [5.74, 6) is -1.17. The number of rotatable bonds is 8. The van der Waals surface area contributed by atoms with Crippen molar-refractivity contribution < 1.29 is 27.5 Å². The summed E-state index contributed by atoms with van der Waals surface area (Å²) in [7, 11) is -2.68. The molecule has 28 heavy (non-hydrogen) atoms. The van der Waals surface area contributed by atoms with Gasteiger partial charge in [-0.3, -0.25) is 4.79 Å². The molecule has 2 aromatic carbocycles. The van der Waals surface area contributed by atoms with Gasteiger partial charge in [0, 0.05) is 6.54 Å². The Labute approximate surface area is 163 Å². The first-order chi connectivity index (χ1) is 13.2. The van der Waals surface area contributed by atoms with Crippen LogP contribution in [0.15, 0.2) is 53.4 Å². The fourth-order valence-corrected chi connectivity index (χ4v) is 2.99. The molecule has 9 heteroatoms. The van der Waals surface area contributed by atoms with Gasteiger partial charge in [-0.25, -0.2) is 18.4 Å². The first-order valence-corrected chi connectivity index (χ1v) is 9.96. The van der Waals surface area contributed by atoms with Crippen LogP contribution in [0.1, 0.15) is 28.8 Å². The quantitative estimate of drug-likeness (QED) is 0.639. The lowest BCUT2D eigenvalue weighted by Gasteiger charge is -2.13. The van der Waals surface area contributed by atoms with E-state index in [0.29, 0.717) is 6.54 Å². The Hall–Kier alpha value is -2.91. The van der Waals surface area contributed by atoms with E-state index in [-0.39, 0.29) is 22.1 Å². The largest absolute Gasteiger partial charge is 0.496 e. The Kier molecular flexibility index (Phi) is 7.13. The van der Waals surface area contributed by atoms with Crippen LogP contribution in [0, 0.1) is 0 Å². The van der Waals surface area contributed by atoms with Gasteiger partial charge in [0.1, 0.15) is 11.3 Å². The number of methoxy groups -OCH3 is 1. The maximum absolute atomic E-state index is 12.2. The van der Waals surface area contributed by atoms with Crippen LogP contribution in [0.4, 0.5) is 0 Å². The third kappa shape index (κ3) is 5.80. The normalized spacial score (nSPS) is 12.1. The van der Waals surface area contributed by atoms with Gasteiger partial charge in [-0.1, -0.05) is 37.3 Å². The Morgan fingerprint density at radius 1 is 1.14 bits per heavy atom. The zero-order chi connectivity index (χ0) is 20.7. The summed E-state index contributed by atoms with van der Waals surface area (Å²) in [6, 6.07) is 13.2. The topological polar surface area (TPSA) is 125 Å². The second-order valence-electron chi connectivity index (χ2n) is 6.10. The number of benzene rings is 2. The SMILES string of the molecule is COc1ccc(S(N)(=O)=O)cc1C(=O)OCC(=O)NC[C@@H](C)c1ccccc1. The molecule has 2 aromatic rings. The van der Waals surface area contributed by atoms with E-state index in [9.17, 15) is 18.0 Å². The number of hydrogen-bond acceptors (Lipinski definition) is 6. The van der Waals surface area contributed by atoms with Gasteiger partial charge in [-0.15, -0.1) is 0 Å². The average Bonchev–Trinajstić information content (AvgIpc) is 2.69. The molecule has 0 aliphatic carbocycles. The van der Waals surface area contributed by atoms with Gasteiger partial charge in [0.2, 0.25) is 10.0 Å². The smallest absolute Gasteiger partial charge is 0.342 e. The number of primary sulfonamides is 1. The van der Waals surface area contributed by atoms with Crippen molar-refractivity contribution in [1.29, 1.82) is 0 Å². The molecule has 0 saturated carbocycles. The first-order valence-electron chi connectivity index (χ1n) is 8.42. The maximum atomic E-state index is 12.2. The molecule has 0 aliphatic rings. The van der Waals surface area contributed by atoms with Gasteiger partial charge in [0.05, 0.1) is 12.0 Å². The summed E-state index contributed by atoms with van der Waals surface area (Å²) in [5, 5.41) is 7.76. The summed E-state index contributed by atoms with van der Waals surface area (Å²) in [6.07, 6.45) is 0. The van der Waals surface area contributed by atoms with Crippen LogP contribution >= 0.6 is 0 Å². The number of hydrogen-bond donors (Lipinski definition) is 2. The van der Waals surface area contributed by atoms with E-state index in [1.807, 2.05) is 37.3 Å². The van der Waals surface area contributed by atoms with Crippen molar-refractivity contribution in [3.63, 3.8) is 0 Å². The first kappa shape index (κ1) is 21.4. The monoisotopic (exact) mass is 406 g/mol. The lowest BCUT2D eigenvalue weighted by atomic mass is 10.0. The number of ether oxygens (including phenoxy) is 2. The Morgan fingerprint density at radius 3 is 2.43 bits per heavy atom. The van der Waals surface area contributed by atoms with Gasteiger partial charge >= 0.3 is 5.97 Å². The van der Waals surface area contributed by atoms with Crippen molar-refractivity contribution in [2.75, 3.05) is 20.3 Å². The van der Waals surface area contributed by atoms with Gasteiger partial charge in [-0.2, -0.15) is 0 Å². The minimum atomic E-state index is -4.00. The molecule has 0 aromatic heterocycles. The number of sulfonamides is 1. The van der Waals surface area contributed by atoms with E-state index in [1.165, 1.54) is 19.2 Å². The van der Waals surface area contributed by atoms with Crippen LogP contribution in [-0.2, 0) is 19.6 Å². The molecule has 3 N–H and O–H groups in total. The molecule has 2 rings (SSSR count). The van der Waals surface area contributed by atoms with Gasteiger partial charge in [-0.05, 0) is 29.7 Å². The van der Waals surface area contributed by atoms with Crippen LogP contribution in [0.25, 0.3) is 0 Å². The molecular formula is C19H22N2O6S. The zero-order valence-corrected chi connectivity index (χ0v) is 16.4. The Morgan fingerprint density at radius 2 is 1.82 bits per heavy atom. The molecule has 0 radical (unpaired) electrons. The highest BCUT2D eigenvalue weighted by atomic mass is 32.2. The standard InChI is InChI=1S/C19H22N2O6S/c1-13(14-6-4-3-5-7-14)11-21-18(22)12-27-19(23)16-10-15(28(20,24)25)8-9-17(16)26-2/h3-10,13H,11-12H2,1-2H3,(H,21,22)(H2,20,24,25)/t13-/m1/s1. The second kappa shape index (κ2) is 9.34. The Balaban J connectivity index is 1.95. The number of amides is 1. The molecule has 0 fully saturated rings. The summed E-state index contributed by atoms with van der Waals surface area (Å²) >= 11 is 0. The molecular weight excluding hydrogens is 384 g/mol. The minimum absolute atomic E-state index is 0.0902. The summed E-state index contributed by atoms with van der Waals surface area (Å²) in [5.41, 5.74) is 0.934. The number of carbonyl (C=O) groups excluding carboxylic acids is 2. The molecule has 0 spiro atoms. The van der Waals surface area contributed by atoms with Crippen molar-refractivity contribution in [3.05, 3.63) is 59.7 Å². The van der Waals surface area contributed by atoms with E-state index in [0.717, 1.165) is 11.6 Å². The van der Waals surface area contributed by atoms with E-state index < -0.39 is 28.5 Å². The molecule has 8 nitrogen and oxygen atoms in total. The molecule has 0 heterocycles. The maximum Gasteiger partial charge on any atom is 0.342 e. The van der Waals surface area contributed by atoms with Crippen LogP contribution in [-0.4, -0.2) is 40.6 Å². The van der Waals surface area contributed by atoms with E-state index in [1.54, 1.807) is 0 Å². The van der Waals surface area contributed by atoms with E-state index in [4.69, 9.17) is 14.6 Å². The highest BCUT2D eigenvalue weighted by molar-refractivity contribution is 7.89. The summed E-state index contributed by atoms with van der Waals surface area (Å²) in [4.78, 5) is 23.9. The third-order valence-electron chi connectivity index (χ3n) is 4.03. The third-order valence-corrected chi connectivity index (χ3v) is 4.94. The van der Waals surface area contributed by atoms with Crippen molar-refractivity contribution in [2.45, 2.75) is 17.7 Å². The van der Waals surface area contributed by atoms with Gasteiger partial charge in [0.15, 0.2) is 6.61 Å². The highest BCUT2D eigenvalue weighted by Crippen LogP contribution is 2.22. The number of carbonyl (C=O) groups is 2. The van der Waals surface area contributed by atoms with Crippen LogP contribution < -0.4 is 15.2 Å². The van der Waals surface area contributed by atoms with Crippen molar-refractivity contribution in [2.24, 2.45) is 5.14 Å². The fourth-order valence-electron chi connectivity index (χ4n) is 2.45. The van der Waals surface area contributed by atoms with Gasteiger partial charge in [0.25, 0.3) is 5.91 Å².